The number of aromatic nitrogens is 1. The Labute approximate surface area is 186 Å². The van der Waals surface area contributed by atoms with Gasteiger partial charge in [-0.05, 0) is 48.4 Å². The van der Waals surface area contributed by atoms with Crippen LogP contribution in [0.3, 0.4) is 0 Å². The normalized spacial score (nSPS) is 15.2. The summed E-state index contributed by atoms with van der Waals surface area (Å²) >= 11 is 0. The molecule has 0 amide bonds. The van der Waals surface area contributed by atoms with Gasteiger partial charge in [-0.2, -0.15) is 0 Å². The minimum absolute atomic E-state index is 0.244. The minimum atomic E-state index is -3.61. The fourth-order valence-corrected chi connectivity index (χ4v) is 5.19. The Hall–Kier alpha value is -2.04. The van der Waals surface area contributed by atoms with E-state index >= 15 is 0 Å². The van der Waals surface area contributed by atoms with E-state index in [2.05, 4.69) is 10.3 Å². The second-order valence-electron chi connectivity index (χ2n) is 9.70. The van der Waals surface area contributed by atoms with Gasteiger partial charge in [0.25, 0.3) is 0 Å². The molecule has 0 aliphatic carbocycles. The van der Waals surface area contributed by atoms with Crippen molar-refractivity contribution in [3.05, 3.63) is 47.7 Å². The second-order valence-corrected chi connectivity index (χ2v) is 11.8. The summed E-state index contributed by atoms with van der Waals surface area (Å²) in [6.07, 6.45) is 2.19. The van der Waals surface area contributed by atoms with E-state index in [0.717, 1.165) is 11.1 Å². The molecule has 31 heavy (non-hydrogen) atoms. The molecule has 0 spiro atoms. The Morgan fingerprint density at radius 2 is 1.65 bits per heavy atom. The zero-order valence-corrected chi connectivity index (χ0v) is 20.9. The SMILES string of the molecule is CCOP(=O)(Oc1cc(C(C)(C)C)c(O)c(C(C)(C)C)c1)C(CC)Nc1ccccn1. The molecule has 2 atom stereocenters. The maximum Gasteiger partial charge on any atom is 0.401 e. The third-order valence-electron chi connectivity index (χ3n) is 4.99. The van der Waals surface area contributed by atoms with E-state index in [-0.39, 0.29) is 23.2 Å². The average molecular weight is 449 g/mol. The highest BCUT2D eigenvalue weighted by Crippen LogP contribution is 2.55. The molecule has 6 nitrogen and oxygen atoms in total. The van der Waals surface area contributed by atoms with E-state index in [9.17, 15) is 9.67 Å². The molecule has 0 bridgehead atoms. The van der Waals surface area contributed by atoms with Crippen LogP contribution in [-0.4, -0.2) is 22.5 Å². The van der Waals surface area contributed by atoms with Crippen molar-refractivity contribution in [2.75, 3.05) is 11.9 Å². The number of nitrogens with zero attached hydrogens (tertiary/aromatic N) is 1. The van der Waals surface area contributed by atoms with Crippen LogP contribution >= 0.6 is 7.60 Å². The molecule has 0 aliphatic heterocycles. The monoisotopic (exact) mass is 448 g/mol. The van der Waals surface area contributed by atoms with Gasteiger partial charge >= 0.3 is 7.60 Å². The summed E-state index contributed by atoms with van der Waals surface area (Å²) in [7, 11) is -3.61. The molecule has 2 rings (SSSR count). The van der Waals surface area contributed by atoms with Gasteiger partial charge in [0, 0.05) is 17.3 Å². The number of nitrogens with one attached hydrogen (secondary N) is 1. The van der Waals surface area contributed by atoms with Gasteiger partial charge < -0.3 is 14.9 Å². The molecule has 172 valence electrons. The topological polar surface area (TPSA) is 80.7 Å². The van der Waals surface area contributed by atoms with Crippen molar-refractivity contribution in [3.8, 4) is 11.5 Å². The molecule has 2 unspecified atom stereocenters. The van der Waals surface area contributed by atoms with E-state index in [0.29, 0.717) is 18.0 Å². The lowest BCUT2D eigenvalue weighted by molar-refractivity contribution is 0.270. The Morgan fingerprint density at radius 1 is 1.06 bits per heavy atom. The highest BCUT2D eigenvalue weighted by atomic mass is 31.2. The number of hydrogen-bond acceptors (Lipinski definition) is 6. The van der Waals surface area contributed by atoms with E-state index in [1.54, 1.807) is 25.3 Å². The lowest BCUT2D eigenvalue weighted by Gasteiger charge is -2.30. The Kier molecular flexibility index (Phi) is 7.83. The van der Waals surface area contributed by atoms with Gasteiger partial charge in [0.2, 0.25) is 0 Å². The van der Waals surface area contributed by atoms with Crippen LogP contribution in [-0.2, 0) is 19.9 Å². The van der Waals surface area contributed by atoms with Crippen molar-refractivity contribution in [2.45, 2.75) is 78.4 Å². The summed E-state index contributed by atoms with van der Waals surface area (Å²) in [6, 6.07) is 9.03. The molecule has 7 heteroatoms. The van der Waals surface area contributed by atoms with Crippen molar-refractivity contribution in [2.24, 2.45) is 0 Å². The lowest BCUT2D eigenvalue weighted by atomic mass is 9.79. The van der Waals surface area contributed by atoms with Crippen LogP contribution in [0.2, 0.25) is 0 Å². The predicted molar refractivity (Wildman–Crippen MR) is 127 cm³/mol. The Balaban J connectivity index is 2.53. The van der Waals surface area contributed by atoms with Gasteiger partial charge in [-0.3, -0.25) is 4.52 Å². The van der Waals surface area contributed by atoms with Crippen molar-refractivity contribution in [1.29, 1.82) is 0 Å². The van der Waals surface area contributed by atoms with Crippen molar-refractivity contribution < 1.29 is 18.7 Å². The van der Waals surface area contributed by atoms with Crippen LogP contribution < -0.4 is 9.84 Å². The third-order valence-corrected chi connectivity index (χ3v) is 7.33. The molecular formula is C24H37N2O4P. The molecule has 0 fully saturated rings. The van der Waals surface area contributed by atoms with Crippen molar-refractivity contribution in [1.82, 2.24) is 4.98 Å². The van der Waals surface area contributed by atoms with E-state index in [1.165, 1.54) is 0 Å². The van der Waals surface area contributed by atoms with Gasteiger partial charge in [-0.1, -0.05) is 54.5 Å². The number of phenols is 1. The maximum atomic E-state index is 13.9. The van der Waals surface area contributed by atoms with Crippen molar-refractivity contribution in [3.63, 3.8) is 0 Å². The summed E-state index contributed by atoms with van der Waals surface area (Å²) in [4.78, 5) is 4.28. The fraction of sp³-hybridized carbons (Fsp3) is 0.542. The molecule has 1 heterocycles. The standard InChI is InChI=1S/C24H37N2O4P/c1-9-21(26-20-13-11-12-14-25-20)31(28,29-10-2)30-17-15-18(23(3,4)5)22(27)19(16-17)24(6,7)8/h11-16,21,27H,9-10H2,1-8H3,(H,25,26). The molecule has 0 radical (unpaired) electrons. The van der Waals surface area contributed by atoms with Crippen LogP contribution in [0.4, 0.5) is 5.82 Å². The highest BCUT2D eigenvalue weighted by molar-refractivity contribution is 7.55. The van der Waals surface area contributed by atoms with Gasteiger partial charge in [0.05, 0.1) is 6.61 Å². The van der Waals surface area contributed by atoms with Gasteiger partial charge in [0.15, 0.2) is 0 Å². The smallest absolute Gasteiger partial charge is 0.401 e. The van der Waals surface area contributed by atoms with Gasteiger partial charge in [-0.15, -0.1) is 0 Å². The zero-order chi connectivity index (χ0) is 23.4. The lowest BCUT2D eigenvalue weighted by Crippen LogP contribution is -2.24. The summed E-state index contributed by atoms with van der Waals surface area (Å²) in [5, 5.41) is 14.2. The number of rotatable bonds is 8. The number of phenolic OH excluding ortho intramolecular Hbond substituents is 1. The first-order valence-corrected chi connectivity index (χ1v) is 12.4. The molecule has 2 aromatic rings. The van der Waals surface area contributed by atoms with Crippen LogP contribution in [0.1, 0.15) is 72.9 Å². The summed E-state index contributed by atoms with van der Waals surface area (Å²) in [5.74, 6) is 0.699. The maximum absolute atomic E-state index is 13.9. The van der Waals surface area contributed by atoms with Crippen LogP contribution in [0.15, 0.2) is 36.5 Å². The number of pyridine rings is 1. The van der Waals surface area contributed by atoms with E-state index < -0.39 is 13.4 Å². The molecule has 0 saturated carbocycles. The molecule has 0 saturated heterocycles. The number of aromatic hydroxyl groups is 1. The van der Waals surface area contributed by atoms with Gasteiger partial charge in [-0.25, -0.2) is 9.55 Å². The second kappa shape index (κ2) is 9.62. The Morgan fingerprint density at radius 3 is 2.06 bits per heavy atom. The van der Waals surface area contributed by atoms with Crippen LogP contribution in [0, 0.1) is 0 Å². The van der Waals surface area contributed by atoms with E-state index in [4.69, 9.17) is 9.05 Å². The van der Waals surface area contributed by atoms with Crippen LogP contribution in [0.25, 0.3) is 0 Å². The Bertz CT molecular complexity index is 882. The first-order chi connectivity index (χ1) is 14.3. The number of benzene rings is 1. The average Bonchev–Trinajstić information content (AvgIpc) is 2.66. The predicted octanol–water partition coefficient (Wildman–Crippen LogP) is 6.84. The molecule has 2 N–H and O–H groups in total. The first-order valence-electron chi connectivity index (χ1n) is 10.8. The summed E-state index contributed by atoms with van der Waals surface area (Å²) in [6.45, 7) is 16.1. The quantitative estimate of drug-likeness (QED) is 0.430. The minimum Gasteiger partial charge on any atom is -0.507 e. The number of anilines is 1. The zero-order valence-electron chi connectivity index (χ0n) is 20.0. The fourth-order valence-electron chi connectivity index (χ4n) is 3.33. The summed E-state index contributed by atoms with van der Waals surface area (Å²) in [5.41, 5.74) is 0.831. The molecule has 1 aromatic heterocycles. The first kappa shape index (κ1) is 25.2. The molecular weight excluding hydrogens is 411 g/mol. The number of hydrogen-bond donors (Lipinski definition) is 2. The summed E-state index contributed by atoms with van der Waals surface area (Å²) < 4.78 is 25.8. The molecule has 1 aromatic carbocycles. The highest BCUT2D eigenvalue weighted by Gasteiger charge is 2.38. The third kappa shape index (κ3) is 6.24. The largest absolute Gasteiger partial charge is 0.507 e. The molecule has 0 aliphatic rings. The van der Waals surface area contributed by atoms with Gasteiger partial charge in [0.1, 0.15) is 23.1 Å². The van der Waals surface area contributed by atoms with E-state index in [1.807, 2.05) is 66.7 Å². The van der Waals surface area contributed by atoms with Crippen molar-refractivity contribution >= 4 is 13.4 Å². The van der Waals surface area contributed by atoms with Crippen LogP contribution in [0.5, 0.6) is 11.5 Å².